The van der Waals surface area contributed by atoms with Gasteiger partial charge in [-0.3, -0.25) is 4.79 Å². The van der Waals surface area contributed by atoms with Crippen LogP contribution in [0, 0.1) is 5.92 Å². The lowest BCUT2D eigenvalue weighted by molar-refractivity contribution is 0.0953. The van der Waals surface area contributed by atoms with Crippen molar-refractivity contribution in [1.82, 2.24) is 10.6 Å². The van der Waals surface area contributed by atoms with Gasteiger partial charge in [0.1, 0.15) is 0 Å². The molecule has 0 heterocycles. The molecule has 3 heteroatoms. The quantitative estimate of drug-likeness (QED) is 0.799. The maximum absolute atomic E-state index is 11.8. The summed E-state index contributed by atoms with van der Waals surface area (Å²) in [4.78, 5) is 11.8. The largest absolute Gasteiger partial charge is 0.351 e. The number of carbonyl (C=O) groups excluding carboxylic acids is 1. The molecule has 1 fully saturated rings. The summed E-state index contributed by atoms with van der Waals surface area (Å²) >= 11 is 0. The molecule has 0 bridgehead atoms. The Morgan fingerprint density at radius 3 is 2.47 bits per heavy atom. The van der Waals surface area contributed by atoms with E-state index in [-0.39, 0.29) is 5.91 Å². The van der Waals surface area contributed by atoms with Crippen molar-refractivity contribution in [2.75, 3.05) is 13.1 Å². The number of rotatable bonds is 5. The van der Waals surface area contributed by atoms with Crippen LogP contribution in [0.1, 0.15) is 43.0 Å². The van der Waals surface area contributed by atoms with Gasteiger partial charge in [-0.25, -0.2) is 0 Å². The summed E-state index contributed by atoms with van der Waals surface area (Å²) in [6, 6.07) is 10.0. The molecule has 104 valence electrons. The van der Waals surface area contributed by atoms with Gasteiger partial charge in [-0.2, -0.15) is 0 Å². The van der Waals surface area contributed by atoms with Crippen LogP contribution in [0.4, 0.5) is 0 Å². The standard InChI is InChI=1S/C16H24N2O/c1-13-7-9-15(10-8-13)17-11-12-18-16(19)14-5-3-2-4-6-14/h2-6,13,15,17H,7-12H2,1H3,(H,18,19). The fourth-order valence-corrected chi connectivity index (χ4v) is 2.61. The lowest BCUT2D eigenvalue weighted by Crippen LogP contribution is -2.38. The number of hydrogen-bond acceptors (Lipinski definition) is 2. The molecule has 0 unspecified atom stereocenters. The highest BCUT2D eigenvalue weighted by Gasteiger charge is 2.17. The fourth-order valence-electron chi connectivity index (χ4n) is 2.61. The Morgan fingerprint density at radius 1 is 1.11 bits per heavy atom. The lowest BCUT2D eigenvalue weighted by atomic mass is 9.87. The third kappa shape index (κ3) is 4.67. The maximum atomic E-state index is 11.8. The van der Waals surface area contributed by atoms with E-state index in [1.165, 1.54) is 25.7 Å². The topological polar surface area (TPSA) is 41.1 Å². The van der Waals surface area contributed by atoms with Crippen LogP contribution in [0.25, 0.3) is 0 Å². The SMILES string of the molecule is CC1CCC(NCCNC(=O)c2ccccc2)CC1. The van der Waals surface area contributed by atoms with E-state index in [1.807, 2.05) is 30.3 Å². The minimum atomic E-state index is 0.0136. The van der Waals surface area contributed by atoms with Crippen LogP contribution in [-0.2, 0) is 0 Å². The van der Waals surface area contributed by atoms with Gasteiger partial charge < -0.3 is 10.6 Å². The van der Waals surface area contributed by atoms with Gasteiger partial charge in [-0.1, -0.05) is 25.1 Å². The smallest absolute Gasteiger partial charge is 0.251 e. The molecule has 0 spiro atoms. The van der Waals surface area contributed by atoms with Crippen molar-refractivity contribution in [2.24, 2.45) is 5.92 Å². The van der Waals surface area contributed by atoms with Gasteiger partial charge in [0, 0.05) is 24.7 Å². The van der Waals surface area contributed by atoms with E-state index in [0.29, 0.717) is 12.6 Å². The molecule has 0 saturated heterocycles. The molecule has 3 nitrogen and oxygen atoms in total. The van der Waals surface area contributed by atoms with Gasteiger partial charge >= 0.3 is 0 Å². The molecule has 1 aromatic carbocycles. The average Bonchev–Trinajstić information content (AvgIpc) is 2.46. The van der Waals surface area contributed by atoms with Crippen LogP contribution < -0.4 is 10.6 Å². The van der Waals surface area contributed by atoms with Crippen molar-refractivity contribution >= 4 is 5.91 Å². The van der Waals surface area contributed by atoms with Crippen LogP contribution in [-0.4, -0.2) is 25.0 Å². The van der Waals surface area contributed by atoms with E-state index in [9.17, 15) is 4.79 Å². The molecule has 2 N–H and O–H groups in total. The van der Waals surface area contributed by atoms with Crippen molar-refractivity contribution in [3.05, 3.63) is 35.9 Å². The summed E-state index contributed by atoms with van der Waals surface area (Å²) < 4.78 is 0. The van der Waals surface area contributed by atoms with E-state index in [0.717, 1.165) is 18.0 Å². The Bertz CT molecular complexity index is 383. The molecular formula is C16H24N2O. The predicted octanol–water partition coefficient (Wildman–Crippen LogP) is 2.58. The Kier molecular flexibility index (Phi) is 5.40. The highest BCUT2D eigenvalue weighted by molar-refractivity contribution is 5.94. The second-order valence-electron chi connectivity index (χ2n) is 5.53. The summed E-state index contributed by atoms with van der Waals surface area (Å²) in [5.41, 5.74) is 0.731. The zero-order chi connectivity index (χ0) is 13.5. The minimum Gasteiger partial charge on any atom is -0.351 e. The third-order valence-corrected chi connectivity index (χ3v) is 3.90. The van der Waals surface area contributed by atoms with Crippen molar-refractivity contribution < 1.29 is 4.79 Å². The van der Waals surface area contributed by atoms with Crippen LogP contribution in [0.2, 0.25) is 0 Å². The molecule has 1 amide bonds. The molecule has 1 aliphatic carbocycles. The van der Waals surface area contributed by atoms with Crippen LogP contribution >= 0.6 is 0 Å². The van der Waals surface area contributed by atoms with E-state index in [4.69, 9.17) is 0 Å². The summed E-state index contributed by atoms with van der Waals surface area (Å²) in [5, 5.41) is 6.48. The van der Waals surface area contributed by atoms with Crippen molar-refractivity contribution in [2.45, 2.75) is 38.6 Å². The molecule has 0 radical (unpaired) electrons. The molecule has 0 aromatic heterocycles. The Balaban J connectivity index is 1.61. The highest BCUT2D eigenvalue weighted by Crippen LogP contribution is 2.23. The zero-order valence-corrected chi connectivity index (χ0v) is 11.7. The van der Waals surface area contributed by atoms with E-state index in [1.54, 1.807) is 0 Å². The first-order valence-electron chi connectivity index (χ1n) is 7.32. The lowest BCUT2D eigenvalue weighted by Gasteiger charge is -2.27. The first-order valence-corrected chi connectivity index (χ1v) is 7.32. The van der Waals surface area contributed by atoms with Gasteiger partial charge in [0.2, 0.25) is 0 Å². The van der Waals surface area contributed by atoms with E-state index < -0.39 is 0 Å². The van der Waals surface area contributed by atoms with Crippen LogP contribution in [0.15, 0.2) is 30.3 Å². The third-order valence-electron chi connectivity index (χ3n) is 3.90. The summed E-state index contributed by atoms with van der Waals surface area (Å²) in [5.74, 6) is 0.899. The molecular weight excluding hydrogens is 236 g/mol. The van der Waals surface area contributed by atoms with Gasteiger partial charge in [0.15, 0.2) is 0 Å². The molecule has 0 aliphatic heterocycles. The van der Waals surface area contributed by atoms with Crippen LogP contribution in [0.3, 0.4) is 0 Å². The van der Waals surface area contributed by atoms with Crippen molar-refractivity contribution in [1.29, 1.82) is 0 Å². The Labute approximate surface area is 115 Å². The first kappa shape index (κ1) is 14.1. The average molecular weight is 260 g/mol. The summed E-state index contributed by atoms with van der Waals surface area (Å²) in [6.07, 6.45) is 5.20. The maximum Gasteiger partial charge on any atom is 0.251 e. The fraction of sp³-hybridized carbons (Fsp3) is 0.562. The van der Waals surface area contributed by atoms with Crippen molar-refractivity contribution in [3.63, 3.8) is 0 Å². The monoisotopic (exact) mass is 260 g/mol. The van der Waals surface area contributed by atoms with Crippen molar-refractivity contribution in [3.8, 4) is 0 Å². The Hall–Kier alpha value is -1.35. The molecule has 2 rings (SSSR count). The summed E-state index contributed by atoms with van der Waals surface area (Å²) in [7, 11) is 0. The predicted molar refractivity (Wildman–Crippen MR) is 78.2 cm³/mol. The van der Waals surface area contributed by atoms with Gasteiger partial charge in [-0.15, -0.1) is 0 Å². The normalized spacial score (nSPS) is 23.0. The Morgan fingerprint density at radius 2 is 1.79 bits per heavy atom. The number of hydrogen-bond donors (Lipinski definition) is 2. The number of carbonyl (C=O) groups is 1. The van der Waals surface area contributed by atoms with E-state index >= 15 is 0 Å². The van der Waals surface area contributed by atoms with Crippen LogP contribution in [0.5, 0.6) is 0 Å². The molecule has 1 aromatic rings. The number of benzene rings is 1. The second kappa shape index (κ2) is 7.29. The number of nitrogens with one attached hydrogen (secondary N) is 2. The molecule has 0 atom stereocenters. The van der Waals surface area contributed by atoms with Gasteiger partial charge in [0.25, 0.3) is 5.91 Å². The highest BCUT2D eigenvalue weighted by atomic mass is 16.1. The van der Waals surface area contributed by atoms with E-state index in [2.05, 4.69) is 17.6 Å². The number of amides is 1. The molecule has 19 heavy (non-hydrogen) atoms. The van der Waals surface area contributed by atoms with Gasteiger partial charge in [-0.05, 0) is 43.7 Å². The molecule has 1 saturated carbocycles. The van der Waals surface area contributed by atoms with Gasteiger partial charge in [0.05, 0.1) is 0 Å². The zero-order valence-electron chi connectivity index (χ0n) is 11.7. The minimum absolute atomic E-state index is 0.0136. The first-order chi connectivity index (χ1) is 9.25. The molecule has 1 aliphatic rings. The second-order valence-corrected chi connectivity index (χ2v) is 5.53. The summed E-state index contributed by atoms with van der Waals surface area (Å²) in [6.45, 7) is 3.88.